The summed E-state index contributed by atoms with van der Waals surface area (Å²) in [5, 5.41) is 3.52. The second-order valence-electron chi connectivity index (χ2n) is 8.07. The first kappa shape index (κ1) is 21.2. The summed E-state index contributed by atoms with van der Waals surface area (Å²) >= 11 is 0. The van der Waals surface area contributed by atoms with Crippen LogP contribution in [0.5, 0.6) is 0 Å². The number of hydrogen-bond donors (Lipinski definition) is 1. The van der Waals surface area contributed by atoms with Gasteiger partial charge < -0.3 is 14.8 Å². The lowest BCUT2D eigenvalue weighted by Crippen LogP contribution is -2.48. The van der Waals surface area contributed by atoms with Crippen LogP contribution >= 0.6 is 0 Å². The van der Waals surface area contributed by atoms with E-state index in [0.717, 1.165) is 57.1 Å². The van der Waals surface area contributed by atoms with Crippen LogP contribution in [-0.4, -0.2) is 42.1 Å². The summed E-state index contributed by atoms with van der Waals surface area (Å²) in [4.78, 5) is 18.8. The first-order chi connectivity index (χ1) is 14.1. The molecule has 5 nitrogen and oxygen atoms in total. The lowest BCUT2D eigenvalue weighted by molar-refractivity contribution is 0.234. The number of guanidine groups is 1. The molecule has 2 aromatic rings. The maximum Gasteiger partial charge on any atom is 0.250 e. The van der Waals surface area contributed by atoms with E-state index < -0.39 is 0 Å². The Balaban J connectivity index is 1.44. The zero-order chi connectivity index (χ0) is 20.6. The topological polar surface area (TPSA) is 49.6 Å². The van der Waals surface area contributed by atoms with Gasteiger partial charge in [0, 0.05) is 45.0 Å². The van der Waals surface area contributed by atoms with Gasteiger partial charge in [-0.25, -0.2) is 0 Å². The molecule has 1 aliphatic heterocycles. The van der Waals surface area contributed by atoms with Crippen molar-refractivity contribution in [1.82, 2.24) is 14.8 Å². The highest BCUT2D eigenvalue weighted by Crippen LogP contribution is 2.32. The molecule has 2 atom stereocenters. The van der Waals surface area contributed by atoms with Crippen LogP contribution in [0.4, 0.5) is 0 Å². The Morgan fingerprint density at radius 2 is 1.93 bits per heavy atom. The van der Waals surface area contributed by atoms with Gasteiger partial charge in [0.1, 0.15) is 0 Å². The van der Waals surface area contributed by atoms with Crippen molar-refractivity contribution in [2.45, 2.75) is 45.6 Å². The lowest BCUT2D eigenvalue weighted by Gasteiger charge is -2.39. The first-order valence-corrected chi connectivity index (χ1v) is 10.8. The fourth-order valence-corrected chi connectivity index (χ4v) is 4.37. The minimum atomic E-state index is 0.0871. The minimum Gasteiger partial charge on any atom is -0.356 e. The minimum absolute atomic E-state index is 0.0871. The standard InChI is InChI=1S/C24H34N4O/c1-19-18-27(17-14-22(19)21-11-5-4-6-12-21)24(25-3)26-15-7-8-16-28-20(2)10-9-13-23(28)29/h4-6,9-13,19,22H,7-8,14-18H2,1-3H3,(H,25,26). The highest BCUT2D eigenvalue weighted by atomic mass is 16.1. The number of nitrogens with zero attached hydrogens (tertiary/aromatic N) is 3. The van der Waals surface area contributed by atoms with Gasteiger partial charge in [0.15, 0.2) is 5.96 Å². The third-order valence-electron chi connectivity index (χ3n) is 6.00. The third kappa shape index (κ3) is 5.49. The maximum atomic E-state index is 11.9. The number of likely N-dealkylation sites (tertiary alicyclic amines) is 1. The summed E-state index contributed by atoms with van der Waals surface area (Å²) < 4.78 is 1.85. The van der Waals surface area contributed by atoms with E-state index in [2.05, 4.69) is 52.5 Å². The van der Waals surface area contributed by atoms with E-state index in [0.29, 0.717) is 11.8 Å². The van der Waals surface area contributed by atoms with Crippen molar-refractivity contribution < 1.29 is 0 Å². The van der Waals surface area contributed by atoms with Crippen molar-refractivity contribution in [3.63, 3.8) is 0 Å². The molecule has 0 amide bonds. The number of aromatic nitrogens is 1. The molecule has 1 aromatic carbocycles. The largest absolute Gasteiger partial charge is 0.356 e. The van der Waals surface area contributed by atoms with Gasteiger partial charge in [-0.15, -0.1) is 0 Å². The Bertz CT molecular complexity index is 859. The Labute approximate surface area is 174 Å². The molecule has 0 bridgehead atoms. The van der Waals surface area contributed by atoms with Crippen LogP contribution < -0.4 is 10.9 Å². The molecule has 0 aliphatic carbocycles. The van der Waals surface area contributed by atoms with Gasteiger partial charge in [-0.3, -0.25) is 9.79 Å². The van der Waals surface area contributed by atoms with Gasteiger partial charge in [0.25, 0.3) is 5.56 Å². The fraction of sp³-hybridized carbons (Fsp3) is 0.500. The molecule has 29 heavy (non-hydrogen) atoms. The quantitative estimate of drug-likeness (QED) is 0.462. The highest BCUT2D eigenvalue weighted by molar-refractivity contribution is 5.80. The predicted molar refractivity (Wildman–Crippen MR) is 121 cm³/mol. The summed E-state index contributed by atoms with van der Waals surface area (Å²) in [6.45, 7) is 8.03. The smallest absolute Gasteiger partial charge is 0.250 e. The van der Waals surface area contributed by atoms with E-state index in [4.69, 9.17) is 0 Å². The number of pyridine rings is 1. The van der Waals surface area contributed by atoms with Gasteiger partial charge >= 0.3 is 0 Å². The number of piperidine rings is 1. The van der Waals surface area contributed by atoms with Crippen molar-refractivity contribution >= 4 is 5.96 Å². The molecule has 5 heteroatoms. The SMILES string of the molecule is CN=C(NCCCCn1c(C)cccc1=O)N1CCC(c2ccccc2)C(C)C1. The van der Waals surface area contributed by atoms with Crippen molar-refractivity contribution in [1.29, 1.82) is 0 Å². The van der Waals surface area contributed by atoms with E-state index >= 15 is 0 Å². The molecule has 0 radical (unpaired) electrons. The Hall–Kier alpha value is -2.56. The molecular formula is C24H34N4O. The molecule has 2 unspecified atom stereocenters. The first-order valence-electron chi connectivity index (χ1n) is 10.8. The summed E-state index contributed by atoms with van der Waals surface area (Å²) in [7, 11) is 1.86. The molecule has 1 aliphatic rings. The Morgan fingerprint density at radius 1 is 1.14 bits per heavy atom. The second kappa shape index (κ2) is 10.3. The molecule has 0 spiro atoms. The summed E-state index contributed by atoms with van der Waals surface area (Å²) in [5.41, 5.74) is 2.56. The number of rotatable bonds is 6. The Kier molecular flexibility index (Phi) is 7.50. The van der Waals surface area contributed by atoms with Gasteiger partial charge in [-0.05, 0) is 49.7 Å². The van der Waals surface area contributed by atoms with Crippen LogP contribution in [0.2, 0.25) is 0 Å². The number of nitrogens with one attached hydrogen (secondary N) is 1. The molecule has 1 fully saturated rings. The van der Waals surface area contributed by atoms with E-state index in [1.807, 2.05) is 30.7 Å². The molecule has 0 saturated carbocycles. The van der Waals surface area contributed by atoms with E-state index in [-0.39, 0.29) is 5.56 Å². The molecule has 3 rings (SSSR count). The number of hydrogen-bond acceptors (Lipinski definition) is 2. The van der Waals surface area contributed by atoms with Crippen LogP contribution in [0.15, 0.2) is 58.3 Å². The van der Waals surface area contributed by atoms with Gasteiger partial charge in [-0.1, -0.05) is 43.3 Å². The molecule has 1 aromatic heterocycles. The number of aliphatic imine (C=N–C) groups is 1. The van der Waals surface area contributed by atoms with Crippen molar-refractivity contribution in [3.8, 4) is 0 Å². The van der Waals surface area contributed by atoms with E-state index in [9.17, 15) is 4.79 Å². The zero-order valence-corrected chi connectivity index (χ0v) is 18.0. The van der Waals surface area contributed by atoms with Crippen LogP contribution in [0.25, 0.3) is 0 Å². The number of benzene rings is 1. The average Bonchev–Trinajstić information content (AvgIpc) is 2.73. The third-order valence-corrected chi connectivity index (χ3v) is 6.00. The van der Waals surface area contributed by atoms with Crippen LogP contribution in [0.1, 0.15) is 43.4 Å². The second-order valence-corrected chi connectivity index (χ2v) is 8.07. The van der Waals surface area contributed by atoms with Gasteiger partial charge in [0.2, 0.25) is 0 Å². The monoisotopic (exact) mass is 394 g/mol. The van der Waals surface area contributed by atoms with E-state index in [1.165, 1.54) is 5.56 Å². The van der Waals surface area contributed by atoms with Crippen molar-refractivity contribution in [2.75, 3.05) is 26.7 Å². The fourth-order valence-electron chi connectivity index (χ4n) is 4.37. The lowest BCUT2D eigenvalue weighted by atomic mass is 9.82. The summed E-state index contributed by atoms with van der Waals surface area (Å²) in [5.74, 6) is 2.21. The maximum absolute atomic E-state index is 11.9. The number of unbranched alkanes of at least 4 members (excludes halogenated alkanes) is 1. The summed E-state index contributed by atoms with van der Waals surface area (Å²) in [6.07, 6.45) is 3.14. The molecule has 1 N–H and O–H groups in total. The summed E-state index contributed by atoms with van der Waals surface area (Å²) in [6, 6.07) is 16.3. The number of aryl methyl sites for hydroxylation is 1. The van der Waals surface area contributed by atoms with Crippen LogP contribution in [0.3, 0.4) is 0 Å². The van der Waals surface area contributed by atoms with Crippen LogP contribution in [-0.2, 0) is 6.54 Å². The van der Waals surface area contributed by atoms with Crippen molar-refractivity contribution in [2.24, 2.45) is 10.9 Å². The van der Waals surface area contributed by atoms with Gasteiger partial charge in [-0.2, -0.15) is 0 Å². The normalized spacial score (nSPS) is 20.0. The molecule has 1 saturated heterocycles. The van der Waals surface area contributed by atoms with Gasteiger partial charge in [0.05, 0.1) is 0 Å². The molecule has 2 heterocycles. The molecular weight excluding hydrogens is 360 g/mol. The average molecular weight is 395 g/mol. The highest BCUT2D eigenvalue weighted by Gasteiger charge is 2.28. The predicted octanol–water partition coefficient (Wildman–Crippen LogP) is 3.64. The van der Waals surface area contributed by atoms with Crippen LogP contribution in [0, 0.1) is 12.8 Å². The zero-order valence-electron chi connectivity index (χ0n) is 18.0. The van der Waals surface area contributed by atoms with Crippen molar-refractivity contribution in [3.05, 3.63) is 70.1 Å². The Morgan fingerprint density at radius 3 is 2.62 bits per heavy atom. The van der Waals surface area contributed by atoms with E-state index in [1.54, 1.807) is 6.07 Å². The molecule has 156 valence electrons.